The average molecular weight is 545 g/mol. The van der Waals surface area contributed by atoms with Gasteiger partial charge in [0, 0.05) is 25.4 Å². The molecule has 0 N–H and O–H groups in total. The van der Waals surface area contributed by atoms with E-state index in [9.17, 15) is 18.0 Å². The lowest BCUT2D eigenvalue weighted by molar-refractivity contribution is -0.139. The molecule has 0 spiro atoms. The average Bonchev–Trinajstić information content (AvgIpc) is 3.44. The number of carbonyl (C=O) groups excluding carboxylic acids is 2. The molecule has 4 atom stereocenters. The SMILES string of the molecule is CCOC1=C2[C@@H](CN(S(=O)(=O)c3ccc(C)cc3)[C@H]2c2cccc3ccccc23)[C@H]2C(=O)N(CC)C(=O)[C@H]2C1. The molecule has 0 unspecified atom stereocenters. The van der Waals surface area contributed by atoms with Crippen molar-refractivity contribution in [3.63, 3.8) is 0 Å². The number of likely N-dealkylation sites (tertiary alicyclic amines) is 1. The van der Waals surface area contributed by atoms with E-state index in [1.54, 1.807) is 31.2 Å². The quantitative estimate of drug-likeness (QED) is 0.415. The number of fused-ring (bicyclic) bond motifs is 4. The maximum absolute atomic E-state index is 14.3. The first-order valence-corrected chi connectivity index (χ1v) is 15.0. The lowest BCUT2D eigenvalue weighted by Crippen LogP contribution is -2.35. The van der Waals surface area contributed by atoms with Gasteiger partial charge in [0.05, 0.1) is 35.1 Å². The van der Waals surface area contributed by atoms with Gasteiger partial charge >= 0.3 is 0 Å². The third-order valence-electron chi connectivity index (χ3n) is 8.47. The Labute approximate surface area is 229 Å². The summed E-state index contributed by atoms with van der Waals surface area (Å²) < 4.78 is 36.4. The highest BCUT2D eigenvalue weighted by molar-refractivity contribution is 7.89. The highest BCUT2D eigenvalue weighted by atomic mass is 32.2. The van der Waals surface area contributed by atoms with Gasteiger partial charge in [-0.25, -0.2) is 8.42 Å². The van der Waals surface area contributed by atoms with Crippen molar-refractivity contribution in [1.82, 2.24) is 9.21 Å². The van der Waals surface area contributed by atoms with Crippen LogP contribution in [-0.2, 0) is 24.3 Å². The monoisotopic (exact) mass is 544 g/mol. The Morgan fingerprint density at radius 2 is 1.62 bits per heavy atom. The van der Waals surface area contributed by atoms with E-state index in [1.807, 2.05) is 56.3 Å². The largest absolute Gasteiger partial charge is 0.498 e. The number of hydrogen-bond donors (Lipinski definition) is 0. The van der Waals surface area contributed by atoms with Crippen LogP contribution >= 0.6 is 0 Å². The normalized spacial score (nSPS) is 25.4. The molecule has 0 bridgehead atoms. The first-order chi connectivity index (χ1) is 18.8. The lowest BCUT2D eigenvalue weighted by atomic mass is 9.71. The van der Waals surface area contributed by atoms with Gasteiger partial charge in [-0.2, -0.15) is 4.31 Å². The summed E-state index contributed by atoms with van der Waals surface area (Å²) in [6.45, 7) is 6.39. The van der Waals surface area contributed by atoms with Gasteiger partial charge in [0.1, 0.15) is 0 Å². The Balaban J connectivity index is 1.60. The van der Waals surface area contributed by atoms with Crippen molar-refractivity contribution < 1.29 is 22.7 Å². The van der Waals surface area contributed by atoms with Crippen molar-refractivity contribution in [3.05, 3.63) is 89.2 Å². The molecule has 202 valence electrons. The summed E-state index contributed by atoms with van der Waals surface area (Å²) in [6, 6.07) is 20.0. The van der Waals surface area contributed by atoms with Crippen LogP contribution in [0.2, 0.25) is 0 Å². The number of allylic oxidation sites excluding steroid dienone is 1. The number of amides is 2. The zero-order chi connectivity index (χ0) is 27.5. The van der Waals surface area contributed by atoms with E-state index in [1.165, 1.54) is 9.21 Å². The minimum atomic E-state index is -3.96. The highest BCUT2D eigenvalue weighted by Gasteiger charge is 2.60. The molecular weight excluding hydrogens is 512 g/mol. The predicted octanol–water partition coefficient (Wildman–Crippen LogP) is 4.83. The molecule has 1 aliphatic carbocycles. The third kappa shape index (κ3) is 3.92. The van der Waals surface area contributed by atoms with Gasteiger partial charge in [-0.05, 0) is 54.8 Å². The van der Waals surface area contributed by atoms with Crippen LogP contribution in [0.4, 0.5) is 0 Å². The van der Waals surface area contributed by atoms with Crippen LogP contribution < -0.4 is 0 Å². The fraction of sp³-hybridized carbons (Fsp3) is 0.355. The van der Waals surface area contributed by atoms with Crippen molar-refractivity contribution >= 4 is 32.6 Å². The molecule has 7 nitrogen and oxygen atoms in total. The molecule has 0 aromatic heterocycles. The summed E-state index contributed by atoms with van der Waals surface area (Å²) in [6.07, 6.45) is 0.297. The standard InChI is InChI=1S/C31H32N2O5S/c1-4-32-30(34)24-17-26(38-5-2)28-25(27(24)31(32)35)18-33(39(36,37)21-15-13-19(3)14-16-21)29(28)23-12-8-10-20-9-6-7-11-22(20)23/h6-16,24-25,27,29H,4-5,17-18H2,1-3H3/t24-,25-,27-,29-/m0/s1. The minimum Gasteiger partial charge on any atom is -0.498 e. The Morgan fingerprint density at radius 3 is 2.33 bits per heavy atom. The topological polar surface area (TPSA) is 84.0 Å². The number of sulfonamides is 1. The highest BCUT2D eigenvalue weighted by Crippen LogP contribution is 2.56. The van der Waals surface area contributed by atoms with Gasteiger partial charge in [0.2, 0.25) is 21.8 Å². The fourth-order valence-corrected chi connectivity index (χ4v) is 8.36. The van der Waals surface area contributed by atoms with Crippen molar-refractivity contribution in [1.29, 1.82) is 0 Å². The van der Waals surface area contributed by atoms with Crippen LogP contribution in [0.1, 0.15) is 37.4 Å². The molecule has 39 heavy (non-hydrogen) atoms. The van der Waals surface area contributed by atoms with Gasteiger partial charge in [-0.3, -0.25) is 14.5 Å². The molecule has 2 fully saturated rings. The van der Waals surface area contributed by atoms with Gasteiger partial charge in [-0.1, -0.05) is 60.2 Å². The molecule has 3 aromatic rings. The molecule has 0 radical (unpaired) electrons. The van der Waals surface area contributed by atoms with E-state index >= 15 is 0 Å². The van der Waals surface area contributed by atoms with E-state index < -0.39 is 33.8 Å². The Kier molecular flexibility index (Phi) is 6.35. The maximum Gasteiger partial charge on any atom is 0.243 e. The van der Waals surface area contributed by atoms with E-state index in [-0.39, 0.29) is 23.3 Å². The number of ether oxygens (including phenoxy) is 1. The lowest BCUT2D eigenvalue weighted by Gasteiger charge is -2.32. The van der Waals surface area contributed by atoms with Crippen LogP contribution in [0.3, 0.4) is 0 Å². The second kappa shape index (κ2) is 9.61. The second-order valence-corrected chi connectivity index (χ2v) is 12.4. The van der Waals surface area contributed by atoms with Crippen molar-refractivity contribution in [2.45, 2.75) is 38.1 Å². The Morgan fingerprint density at radius 1 is 0.897 bits per heavy atom. The summed E-state index contributed by atoms with van der Waals surface area (Å²) in [7, 11) is -3.96. The minimum absolute atomic E-state index is 0.105. The van der Waals surface area contributed by atoms with E-state index in [4.69, 9.17) is 4.74 Å². The zero-order valence-corrected chi connectivity index (χ0v) is 23.1. The number of nitrogens with zero attached hydrogens (tertiary/aromatic N) is 2. The predicted molar refractivity (Wildman–Crippen MR) is 148 cm³/mol. The maximum atomic E-state index is 14.3. The number of benzene rings is 3. The molecule has 2 heterocycles. The van der Waals surface area contributed by atoms with Crippen LogP contribution in [0.25, 0.3) is 10.8 Å². The number of hydrogen-bond acceptors (Lipinski definition) is 5. The molecular formula is C31H32N2O5S. The van der Waals surface area contributed by atoms with Gasteiger partial charge in [0.25, 0.3) is 0 Å². The summed E-state index contributed by atoms with van der Waals surface area (Å²) in [4.78, 5) is 28.4. The van der Waals surface area contributed by atoms with E-state index in [2.05, 4.69) is 0 Å². The second-order valence-electron chi connectivity index (χ2n) is 10.5. The van der Waals surface area contributed by atoms with Gasteiger partial charge in [-0.15, -0.1) is 0 Å². The molecule has 3 aromatic carbocycles. The van der Waals surface area contributed by atoms with Crippen LogP contribution in [0.15, 0.2) is 83.0 Å². The number of carbonyl (C=O) groups is 2. The van der Waals surface area contributed by atoms with Crippen molar-refractivity contribution in [2.24, 2.45) is 17.8 Å². The molecule has 3 aliphatic rings. The summed E-state index contributed by atoms with van der Waals surface area (Å²) in [5.74, 6) is -1.36. The van der Waals surface area contributed by atoms with E-state index in [0.29, 0.717) is 25.3 Å². The third-order valence-corrected chi connectivity index (χ3v) is 10.3. The summed E-state index contributed by atoms with van der Waals surface area (Å²) in [5.41, 5.74) is 2.62. The van der Waals surface area contributed by atoms with Gasteiger partial charge < -0.3 is 4.74 Å². The fourth-order valence-electron chi connectivity index (χ4n) is 6.74. The van der Waals surface area contributed by atoms with Crippen molar-refractivity contribution in [3.8, 4) is 0 Å². The Bertz CT molecular complexity index is 1610. The molecule has 0 saturated carbocycles. The molecule has 8 heteroatoms. The molecule has 6 rings (SSSR count). The zero-order valence-electron chi connectivity index (χ0n) is 22.3. The summed E-state index contributed by atoms with van der Waals surface area (Å²) >= 11 is 0. The van der Waals surface area contributed by atoms with Crippen LogP contribution in [0, 0.1) is 24.7 Å². The first-order valence-electron chi connectivity index (χ1n) is 13.5. The smallest absolute Gasteiger partial charge is 0.243 e. The van der Waals surface area contributed by atoms with Crippen molar-refractivity contribution in [2.75, 3.05) is 19.7 Å². The first kappa shape index (κ1) is 25.8. The number of rotatable bonds is 6. The van der Waals surface area contributed by atoms with E-state index in [0.717, 1.165) is 27.5 Å². The number of imide groups is 1. The number of aryl methyl sites for hydroxylation is 1. The van der Waals surface area contributed by atoms with Crippen LogP contribution in [-0.4, -0.2) is 49.1 Å². The summed E-state index contributed by atoms with van der Waals surface area (Å²) in [5, 5.41) is 1.95. The van der Waals surface area contributed by atoms with Gasteiger partial charge in [0.15, 0.2) is 0 Å². The molecule has 2 aliphatic heterocycles. The molecule has 2 saturated heterocycles. The molecule has 2 amide bonds. The van der Waals surface area contributed by atoms with Crippen LogP contribution in [0.5, 0.6) is 0 Å². The Hall–Kier alpha value is -3.49.